The Morgan fingerprint density at radius 3 is 2.53 bits per heavy atom. The molecule has 7 heteroatoms. The Bertz CT molecular complexity index is 544. The largest absolute Gasteiger partial charge is 0.325 e. The van der Waals surface area contributed by atoms with Crippen molar-refractivity contribution in [2.75, 3.05) is 11.6 Å². The molecule has 1 unspecified atom stereocenters. The first kappa shape index (κ1) is 14.5. The lowest BCUT2D eigenvalue weighted by Crippen LogP contribution is -2.31. The number of benzene rings is 1. The molecule has 0 saturated carbocycles. The van der Waals surface area contributed by atoms with Crippen molar-refractivity contribution in [3.63, 3.8) is 0 Å². The molecule has 0 aliphatic heterocycles. The van der Waals surface area contributed by atoms with Gasteiger partial charge in [0.2, 0.25) is 5.91 Å². The molecule has 0 aliphatic rings. The van der Waals surface area contributed by atoms with E-state index >= 15 is 0 Å². The molecule has 0 aliphatic carbocycles. The minimum absolute atomic E-state index is 0.440. The predicted molar refractivity (Wildman–Crippen MR) is 72.1 cm³/mol. The van der Waals surface area contributed by atoms with Gasteiger partial charge >= 0.3 is 0 Å². The number of carbonyl (C=O) groups excluding carboxylic acids is 1. The molecular weight excluding hydrogens is 330 g/mol. The maximum absolute atomic E-state index is 11.6. The summed E-state index contributed by atoms with van der Waals surface area (Å²) in [5, 5.41) is 1.84. The van der Waals surface area contributed by atoms with Crippen LogP contribution in [0, 0.1) is 0 Å². The van der Waals surface area contributed by atoms with Crippen LogP contribution >= 0.6 is 27.5 Å². The minimum atomic E-state index is -3.39. The lowest BCUT2D eigenvalue weighted by Gasteiger charge is -2.10. The first-order valence-electron chi connectivity index (χ1n) is 4.66. The van der Waals surface area contributed by atoms with Gasteiger partial charge in [-0.25, -0.2) is 8.42 Å². The van der Waals surface area contributed by atoms with E-state index in [0.29, 0.717) is 15.2 Å². The molecule has 0 heterocycles. The van der Waals surface area contributed by atoms with Crippen LogP contribution in [0.15, 0.2) is 22.7 Å². The van der Waals surface area contributed by atoms with Gasteiger partial charge in [-0.2, -0.15) is 0 Å². The normalized spacial score (nSPS) is 13.2. The fourth-order valence-electron chi connectivity index (χ4n) is 1.01. The third-order valence-corrected chi connectivity index (χ3v) is 4.93. The lowest BCUT2D eigenvalue weighted by atomic mass is 10.3. The van der Waals surface area contributed by atoms with Crippen molar-refractivity contribution in [3.8, 4) is 0 Å². The highest BCUT2D eigenvalue weighted by Gasteiger charge is 2.23. The summed E-state index contributed by atoms with van der Waals surface area (Å²) >= 11 is 9.07. The fourth-order valence-corrected chi connectivity index (χ4v) is 1.89. The van der Waals surface area contributed by atoms with Crippen molar-refractivity contribution in [2.45, 2.75) is 12.2 Å². The molecule has 17 heavy (non-hydrogen) atoms. The van der Waals surface area contributed by atoms with E-state index < -0.39 is 21.0 Å². The summed E-state index contributed by atoms with van der Waals surface area (Å²) in [6.45, 7) is 1.34. The molecule has 4 nitrogen and oxygen atoms in total. The van der Waals surface area contributed by atoms with Crippen LogP contribution in [0.25, 0.3) is 0 Å². The van der Waals surface area contributed by atoms with Crippen LogP contribution in [0.2, 0.25) is 5.02 Å². The van der Waals surface area contributed by atoms with Gasteiger partial charge in [-0.05, 0) is 41.1 Å². The van der Waals surface area contributed by atoms with Crippen molar-refractivity contribution < 1.29 is 13.2 Å². The molecule has 1 rings (SSSR count). The zero-order chi connectivity index (χ0) is 13.2. The molecule has 1 aromatic rings. The molecule has 1 aromatic carbocycles. The fraction of sp³-hybridized carbons (Fsp3) is 0.300. The van der Waals surface area contributed by atoms with E-state index in [9.17, 15) is 13.2 Å². The summed E-state index contributed by atoms with van der Waals surface area (Å²) in [6.07, 6.45) is 1.02. The SMILES string of the molecule is CC(C(=O)Nc1ccc(Br)c(Cl)c1)S(C)(=O)=O. The summed E-state index contributed by atoms with van der Waals surface area (Å²) < 4.78 is 23.1. The second-order valence-electron chi connectivity index (χ2n) is 3.59. The number of sulfone groups is 1. The standard InChI is InChI=1S/C10H11BrClNO3S/c1-6(17(2,15)16)10(14)13-7-3-4-8(11)9(12)5-7/h3-6H,1-2H3,(H,13,14). The van der Waals surface area contributed by atoms with E-state index in [-0.39, 0.29) is 0 Å². The highest BCUT2D eigenvalue weighted by molar-refractivity contribution is 9.10. The third kappa shape index (κ3) is 3.97. The second kappa shape index (κ2) is 5.37. The van der Waals surface area contributed by atoms with Gasteiger partial charge in [0.25, 0.3) is 0 Å². The highest BCUT2D eigenvalue weighted by atomic mass is 79.9. The zero-order valence-corrected chi connectivity index (χ0v) is 12.4. The van der Waals surface area contributed by atoms with Gasteiger partial charge in [-0.15, -0.1) is 0 Å². The molecule has 1 amide bonds. The molecule has 0 radical (unpaired) electrons. The maximum Gasteiger partial charge on any atom is 0.242 e. The highest BCUT2D eigenvalue weighted by Crippen LogP contribution is 2.25. The van der Waals surface area contributed by atoms with E-state index in [1.54, 1.807) is 18.2 Å². The molecule has 0 spiro atoms. The summed E-state index contributed by atoms with van der Waals surface area (Å²) in [7, 11) is -3.39. The van der Waals surface area contributed by atoms with E-state index in [2.05, 4.69) is 21.2 Å². The van der Waals surface area contributed by atoms with E-state index in [0.717, 1.165) is 6.26 Å². The Morgan fingerprint density at radius 1 is 1.47 bits per heavy atom. The molecule has 0 fully saturated rings. The predicted octanol–water partition coefficient (Wildman–Crippen LogP) is 2.47. The van der Waals surface area contributed by atoms with Gasteiger partial charge in [0.15, 0.2) is 9.84 Å². The quantitative estimate of drug-likeness (QED) is 0.919. The van der Waals surface area contributed by atoms with Crippen molar-refractivity contribution in [3.05, 3.63) is 27.7 Å². The number of halogens is 2. The first-order valence-corrected chi connectivity index (χ1v) is 7.79. The summed E-state index contributed by atoms with van der Waals surface area (Å²) in [5.74, 6) is -0.578. The molecule has 94 valence electrons. The average Bonchev–Trinajstić information content (AvgIpc) is 2.21. The Morgan fingerprint density at radius 2 is 2.06 bits per heavy atom. The minimum Gasteiger partial charge on any atom is -0.325 e. The molecule has 0 bridgehead atoms. The zero-order valence-electron chi connectivity index (χ0n) is 9.20. The van der Waals surface area contributed by atoms with Crippen LogP contribution < -0.4 is 5.32 Å². The van der Waals surface area contributed by atoms with Crippen LogP contribution in [0.3, 0.4) is 0 Å². The lowest BCUT2D eigenvalue weighted by molar-refractivity contribution is -0.115. The van der Waals surface area contributed by atoms with E-state index in [1.165, 1.54) is 6.92 Å². The van der Waals surface area contributed by atoms with E-state index in [1.807, 2.05) is 0 Å². The van der Waals surface area contributed by atoms with Crippen LogP contribution in [-0.2, 0) is 14.6 Å². The maximum atomic E-state index is 11.6. The Labute approximate surface area is 113 Å². The molecule has 0 saturated heterocycles. The van der Waals surface area contributed by atoms with Crippen molar-refractivity contribution in [1.82, 2.24) is 0 Å². The summed E-state index contributed by atoms with van der Waals surface area (Å²) in [6, 6.07) is 4.84. The van der Waals surface area contributed by atoms with E-state index in [4.69, 9.17) is 11.6 Å². The topological polar surface area (TPSA) is 63.2 Å². The van der Waals surface area contributed by atoms with Crippen molar-refractivity contribution in [1.29, 1.82) is 0 Å². The third-order valence-electron chi connectivity index (χ3n) is 2.20. The number of anilines is 1. The Hall–Kier alpha value is -0.590. The number of hydrogen-bond donors (Lipinski definition) is 1. The van der Waals surface area contributed by atoms with Crippen LogP contribution in [-0.4, -0.2) is 25.8 Å². The molecule has 1 N–H and O–H groups in total. The van der Waals surface area contributed by atoms with Crippen LogP contribution in [0.5, 0.6) is 0 Å². The monoisotopic (exact) mass is 339 g/mol. The molecular formula is C10H11BrClNO3S. The van der Waals surface area contributed by atoms with Gasteiger partial charge in [0, 0.05) is 16.4 Å². The number of rotatable bonds is 3. The van der Waals surface area contributed by atoms with Crippen LogP contribution in [0.1, 0.15) is 6.92 Å². The number of nitrogens with one attached hydrogen (secondary N) is 1. The Balaban J connectivity index is 2.85. The van der Waals surface area contributed by atoms with Gasteiger partial charge < -0.3 is 5.32 Å². The molecule has 1 atom stereocenters. The summed E-state index contributed by atoms with van der Waals surface area (Å²) in [4.78, 5) is 11.6. The average molecular weight is 341 g/mol. The number of hydrogen-bond acceptors (Lipinski definition) is 3. The Kier molecular flexibility index (Phi) is 4.57. The summed E-state index contributed by atoms with van der Waals surface area (Å²) in [5.41, 5.74) is 0.457. The number of carbonyl (C=O) groups is 1. The molecule has 0 aromatic heterocycles. The van der Waals surface area contributed by atoms with Crippen molar-refractivity contribution >= 4 is 49.0 Å². The number of amides is 1. The van der Waals surface area contributed by atoms with Crippen molar-refractivity contribution in [2.24, 2.45) is 0 Å². The van der Waals surface area contributed by atoms with Gasteiger partial charge in [0.1, 0.15) is 5.25 Å². The van der Waals surface area contributed by atoms with Gasteiger partial charge in [-0.1, -0.05) is 11.6 Å². The first-order chi connectivity index (χ1) is 7.71. The van der Waals surface area contributed by atoms with Gasteiger partial charge in [0.05, 0.1) is 5.02 Å². The van der Waals surface area contributed by atoms with Crippen LogP contribution in [0.4, 0.5) is 5.69 Å². The second-order valence-corrected chi connectivity index (χ2v) is 7.22. The smallest absolute Gasteiger partial charge is 0.242 e. The van der Waals surface area contributed by atoms with Gasteiger partial charge in [-0.3, -0.25) is 4.79 Å².